The lowest BCUT2D eigenvalue weighted by molar-refractivity contribution is -0.131. The van der Waals surface area contributed by atoms with Crippen molar-refractivity contribution in [2.24, 2.45) is 0 Å². The van der Waals surface area contributed by atoms with Crippen LogP contribution in [0.2, 0.25) is 0 Å². The first kappa shape index (κ1) is 12.4. The summed E-state index contributed by atoms with van der Waals surface area (Å²) in [6, 6.07) is 0.293. The molecule has 1 aliphatic heterocycles. The number of hydrogen-bond donors (Lipinski definition) is 1. The van der Waals surface area contributed by atoms with E-state index in [1.54, 1.807) is 4.90 Å². The van der Waals surface area contributed by atoms with Crippen molar-refractivity contribution in [3.8, 4) is 0 Å². The van der Waals surface area contributed by atoms with E-state index in [0.717, 1.165) is 12.8 Å². The lowest BCUT2D eigenvalue weighted by Crippen LogP contribution is -2.51. The number of piperazine rings is 1. The van der Waals surface area contributed by atoms with E-state index in [4.69, 9.17) is 0 Å². The number of hydrogen-bond acceptors (Lipinski definition) is 4. The molecule has 1 rings (SSSR count). The van der Waals surface area contributed by atoms with Gasteiger partial charge in [-0.3, -0.25) is 4.79 Å². The van der Waals surface area contributed by atoms with Crippen molar-refractivity contribution < 1.29 is 13.2 Å². The minimum absolute atomic E-state index is 0.0514. The van der Waals surface area contributed by atoms with Crippen molar-refractivity contribution >= 4 is 15.7 Å². The van der Waals surface area contributed by atoms with Gasteiger partial charge in [0.15, 0.2) is 0 Å². The van der Waals surface area contributed by atoms with Crippen LogP contribution in [0.25, 0.3) is 0 Å². The van der Waals surface area contributed by atoms with Gasteiger partial charge in [0.1, 0.15) is 9.84 Å². The molecule has 0 saturated carbocycles. The molecule has 5 nitrogen and oxygen atoms in total. The van der Waals surface area contributed by atoms with E-state index >= 15 is 0 Å². The number of carbonyl (C=O) groups is 1. The Morgan fingerprint density at radius 1 is 1.53 bits per heavy atom. The lowest BCUT2D eigenvalue weighted by Gasteiger charge is -2.31. The highest BCUT2D eigenvalue weighted by molar-refractivity contribution is 7.90. The van der Waals surface area contributed by atoms with E-state index in [9.17, 15) is 13.2 Å². The minimum atomic E-state index is -3.03. The molecule has 0 aromatic rings. The fourth-order valence-electron chi connectivity index (χ4n) is 1.59. The zero-order valence-corrected chi connectivity index (χ0v) is 10.0. The molecule has 1 aliphatic rings. The number of nitrogens with zero attached hydrogens (tertiary/aromatic N) is 1. The number of rotatable bonds is 3. The maximum atomic E-state index is 11.6. The predicted molar refractivity (Wildman–Crippen MR) is 58.4 cm³/mol. The molecule has 15 heavy (non-hydrogen) atoms. The molecule has 1 atom stereocenters. The summed E-state index contributed by atoms with van der Waals surface area (Å²) in [5.74, 6) is -0.113. The third-order valence-electron chi connectivity index (χ3n) is 2.41. The Morgan fingerprint density at radius 2 is 2.20 bits per heavy atom. The number of sulfone groups is 1. The van der Waals surface area contributed by atoms with Gasteiger partial charge in [-0.15, -0.1) is 0 Å². The molecule has 1 amide bonds. The molecular weight excluding hydrogens is 216 g/mol. The van der Waals surface area contributed by atoms with Crippen LogP contribution in [0.3, 0.4) is 0 Å². The Labute approximate surface area is 90.7 Å². The van der Waals surface area contributed by atoms with Gasteiger partial charge in [0, 0.05) is 38.4 Å². The summed E-state index contributed by atoms with van der Waals surface area (Å²) in [7, 11) is -3.03. The van der Waals surface area contributed by atoms with Gasteiger partial charge in [-0.1, -0.05) is 0 Å². The van der Waals surface area contributed by atoms with Gasteiger partial charge < -0.3 is 10.2 Å². The summed E-state index contributed by atoms with van der Waals surface area (Å²) in [4.78, 5) is 13.4. The SMILES string of the molecule is C[C@@H]1CN(C(=O)CCS(C)(=O)=O)CCN1. The van der Waals surface area contributed by atoms with E-state index in [-0.39, 0.29) is 18.1 Å². The van der Waals surface area contributed by atoms with Crippen LogP contribution in [0.5, 0.6) is 0 Å². The first-order valence-corrected chi connectivity index (χ1v) is 7.13. The van der Waals surface area contributed by atoms with Gasteiger partial charge >= 0.3 is 0 Å². The van der Waals surface area contributed by atoms with Crippen molar-refractivity contribution in [1.29, 1.82) is 0 Å². The van der Waals surface area contributed by atoms with E-state index in [0.29, 0.717) is 19.1 Å². The summed E-state index contributed by atoms with van der Waals surface area (Å²) in [5, 5.41) is 3.23. The average Bonchev–Trinajstić information content (AvgIpc) is 2.13. The van der Waals surface area contributed by atoms with Crippen LogP contribution in [0, 0.1) is 0 Å². The molecule has 6 heteroatoms. The summed E-state index contributed by atoms with van der Waals surface area (Å²) in [6.45, 7) is 4.14. The molecule has 1 fully saturated rings. The Morgan fingerprint density at radius 3 is 2.73 bits per heavy atom. The van der Waals surface area contributed by atoms with Crippen molar-refractivity contribution in [1.82, 2.24) is 10.2 Å². The quantitative estimate of drug-likeness (QED) is 0.697. The first-order chi connectivity index (χ1) is 6.88. The molecule has 0 spiro atoms. The van der Waals surface area contributed by atoms with Crippen LogP contribution >= 0.6 is 0 Å². The standard InChI is InChI=1S/C9H18N2O3S/c1-8-7-11(5-4-10-8)9(12)3-6-15(2,13)14/h8,10H,3-7H2,1-2H3/t8-/m1/s1. The van der Waals surface area contributed by atoms with Crippen LogP contribution < -0.4 is 5.32 Å². The molecule has 0 bridgehead atoms. The second-order valence-electron chi connectivity index (χ2n) is 4.07. The monoisotopic (exact) mass is 234 g/mol. The van der Waals surface area contributed by atoms with Crippen LogP contribution in [0.1, 0.15) is 13.3 Å². The fourth-order valence-corrected chi connectivity index (χ4v) is 2.14. The van der Waals surface area contributed by atoms with Crippen molar-refractivity contribution in [2.45, 2.75) is 19.4 Å². The third kappa shape index (κ3) is 4.61. The minimum Gasteiger partial charge on any atom is -0.340 e. The zero-order valence-electron chi connectivity index (χ0n) is 9.19. The normalized spacial score (nSPS) is 22.8. The maximum Gasteiger partial charge on any atom is 0.223 e. The van der Waals surface area contributed by atoms with E-state index < -0.39 is 9.84 Å². The van der Waals surface area contributed by atoms with Gasteiger partial charge in [-0.25, -0.2) is 8.42 Å². The Hall–Kier alpha value is -0.620. The number of nitrogens with one attached hydrogen (secondary N) is 1. The highest BCUT2D eigenvalue weighted by atomic mass is 32.2. The van der Waals surface area contributed by atoms with Crippen LogP contribution in [0.15, 0.2) is 0 Å². The largest absolute Gasteiger partial charge is 0.340 e. The predicted octanol–water partition coefficient (Wildman–Crippen LogP) is -0.759. The first-order valence-electron chi connectivity index (χ1n) is 5.07. The molecule has 0 aromatic heterocycles. The number of amides is 1. The molecule has 1 heterocycles. The Balaban J connectivity index is 2.40. The molecule has 0 aromatic carbocycles. The maximum absolute atomic E-state index is 11.6. The third-order valence-corrected chi connectivity index (χ3v) is 3.35. The topological polar surface area (TPSA) is 66.5 Å². The van der Waals surface area contributed by atoms with E-state index in [1.165, 1.54) is 0 Å². The lowest BCUT2D eigenvalue weighted by atomic mass is 10.2. The van der Waals surface area contributed by atoms with Crippen LogP contribution in [-0.2, 0) is 14.6 Å². The summed E-state index contributed by atoms with van der Waals surface area (Å²) in [5.41, 5.74) is 0. The molecule has 1 N–H and O–H groups in total. The fraction of sp³-hybridized carbons (Fsp3) is 0.889. The van der Waals surface area contributed by atoms with E-state index in [2.05, 4.69) is 5.32 Å². The molecule has 1 saturated heterocycles. The van der Waals surface area contributed by atoms with E-state index in [1.807, 2.05) is 6.92 Å². The average molecular weight is 234 g/mol. The summed E-state index contributed by atoms with van der Waals surface area (Å²) in [6.07, 6.45) is 1.26. The van der Waals surface area contributed by atoms with Gasteiger partial charge in [0.2, 0.25) is 5.91 Å². The smallest absolute Gasteiger partial charge is 0.223 e. The van der Waals surface area contributed by atoms with Gasteiger partial charge in [0.05, 0.1) is 5.75 Å². The molecule has 0 unspecified atom stereocenters. The Bertz CT molecular complexity index is 326. The van der Waals surface area contributed by atoms with Crippen LogP contribution in [-0.4, -0.2) is 56.9 Å². The summed E-state index contributed by atoms with van der Waals surface area (Å²) < 4.78 is 21.8. The molecular formula is C9H18N2O3S. The second kappa shape index (κ2) is 4.94. The van der Waals surface area contributed by atoms with Gasteiger partial charge in [-0.2, -0.15) is 0 Å². The second-order valence-corrected chi connectivity index (χ2v) is 6.33. The zero-order chi connectivity index (χ0) is 11.5. The van der Waals surface area contributed by atoms with Crippen molar-refractivity contribution in [2.75, 3.05) is 31.6 Å². The van der Waals surface area contributed by atoms with Crippen molar-refractivity contribution in [3.05, 3.63) is 0 Å². The van der Waals surface area contributed by atoms with Crippen molar-refractivity contribution in [3.63, 3.8) is 0 Å². The molecule has 0 aliphatic carbocycles. The summed E-state index contributed by atoms with van der Waals surface area (Å²) >= 11 is 0. The number of carbonyl (C=O) groups excluding carboxylic acids is 1. The van der Waals surface area contributed by atoms with Gasteiger partial charge in [0.25, 0.3) is 0 Å². The van der Waals surface area contributed by atoms with Gasteiger partial charge in [-0.05, 0) is 6.92 Å². The Kier molecular flexibility index (Phi) is 4.10. The highest BCUT2D eigenvalue weighted by Crippen LogP contribution is 2.02. The molecule has 0 radical (unpaired) electrons. The highest BCUT2D eigenvalue weighted by Gasteiger charge is 2.20. The molecule has 88 valence electrons. The van der Waals surface area contributed by atoms with Crippen LogP contribution in [0.4, 0.5) is 0 Å².